The summed E-state index contributed by atoms with van der Waals surface area (Å²) in [6.07, 6.45) is -3.83. The van der Waals surface area contributed by atoms with Crippen molar-refractivity contribution in [2.45, 2.75) is 38.1 Å². The molecule has 4 fully saturated rings. The first-order valence-corrected chi connectivity index (χ1v) is 13.2. The lowest BCUT2D eigenvalue weighted by molar-refractivity contribution is -0.170. The molecule has 0 radical (unpaired) electrons. The van der Waals surface area contributed by atoms with E-state index in [1.807, 2.05) is 0 Å². The number of ketones is 4. The third-order valence-electron chi connectivity index (χ3n) is 11.0. The quantitative estimate of drug-likeness (QED) is 0.281. The lowest BCUT2D eigenvalue weighted by atomic mass is 9.42. The minimum atomic E-state index is -2.63. The molecule has 10 nitrogen and oxygen atoms in total. The number of phenols is 2. The molecule has 40 heavy (non-hydrogen) atoms. The van der Waals surface area contributed by atoms with Crippen LogP contribution in [0, 0.1) is 48.3 Å². The van der Waals surface area contributed by atoms with Crippen molar-refractivity contribution in [3.63, 3.8) is 0 Å². The number of rotatable bonds is 0. The molecule has 9 atom stereocenters. The van der Waals surface area contributed by atoms with Gasteiger partial charge in [-0.15, -0.1) is 0 Å². The van der Waals surface area contributed by atoms with E-state index in [9.17, 15) is 49.8 Å². The number of carbonyl (C=O) groups excluding carboxylic acids is 4. The normalized spacial score (nSPS) is 41.7. The average Bonchev–Trinajstić information content (AvgIpc) is 3.21. The second-order valence-corrected chi connectivity index (χ2v) is 12.4. The van der Waals surface area contributed by atoms with E-state index in [2.05, 4.69) is 0 Å². The Labute approximate surface area is 226 Å². The van der Waals surface area contributed by atoms with Gasteiger partial charge >= 0.3 is 0 Å². The van der Waals surface area contributed by atoms with Crippen LogP contribution in [0.2, 0.25) is 0 Å². The molecule has 2 spiro atoms. The molecule has 0 aromatic heterocycles. The van der Waals surface area contributed by atoms with Crippen LogP contribution in [0.5, 0.6) is 11.5 Å². The van der Waals surface area contributed by atoms with Gasteiger partial charge in [-0.05, 0) is 55.7 Å². The van der Waals surface area contributed by atoms with Gasteiger partial charge in [0.1, 0.15) is 22.9 Å². The fourth-order valence-electron chi connectivity index (χ4n) is 10.0. The van der Waals surface area contributed by atoms with E-state index in [0.717, 1.165) is 0 Å². The van der Waals surface area contributed by atoms with Gasteiger partial charge in [0, 0.05) is 28.9 Å². The number of fused-ring (bicyclic) bond motifs is 4. The molecular weight excluding hydrogens is 520 g/mol. The number of aliphatic hydroxyl groups is 4. The van der Waals surface area contributed by atoms with E-state index in [1.165, 1.54) is 24.3 Å². The van der Waals surface area contributed by atoms with Crippen molar-refractivity contribution in [1.29, 1.82) is 0 Å². The Hall–Kier alpha value is -3.86. The summed E-state index contributed by atoms with van der Waals surface area (Å²) in [5.74, 6) is -11.1. The summed E-state index contributed by atoms with van der Waals surface area (Å²) in [5.41, 5.74) is -7.57. The summed E-state index contributed by atoms with van der Waals surface area (Å²) in [4.78, 5) is 57.7. The molecule has 0 aliphatic heterocycles. The predicted octanol–water partition coefficient (Wildman–Crippen LogP) is 1.16. The Balaban J connectivity index is 1.52. The van der Waals surface area contributed by atoms with Crippen LogP contribution < -0.4 is 0 Å². The summed E-state index contributed by atoms with van der Waals surface area (Å²) >= 11 is 0. The van der Waals surface area contributed by atoms with Gasteiger partial charge in [0.2, 0.25) is 0 Å². The van der Waals surface area contributed by atoms with Gasteiger partial charge in [0.25, 0.3) is 0 Å². The fourth-order valence-corrected chi connectivity index (χ4v) is 10.0. The maximum atomic E-state index is 14.6. The lowest BCUT2D eigenvalue weighted by Gasteiger charge is -2.59. The molecule has 8 rings (SSSR count). The first-order chi connectivity index (χ1) is 18.8. The number of hydrogen-bond acceptors (Lipinski definition) is 10. The van der Waals surface area contributed by atoms with Crippen LogP contribution >= 0.6 is 0 Å². The maximum Gasteiger partial charge on any atom is 0.199 e. The number of carbonyl (C=O) groups is 4. The van der Waals surface area contributed by atoms with E-state index in [1.54, 1.807) is 13.8 Å². The Morgan fingerprint density at radius 2 is 1.32 bits per heavy atom. The third-order valence-corrected chi connectivity index (χ3v) is 11.0. The standard InChI is InChI=1S/C30H24O10/c1-8-3-10-15(13(31)5-8)22(34)19-24(36)20-23(35)17-18-21(33)12(29(17,19)25(10)37)7-28(40)27(39)16-11(26(38)30(18,20)28)4-9(2)6-14(16)32/h3-6,12,17-18,20-21,23,31-35,40H,7H2,1-2H3/t12-,17-,18-,20+,21+,23-,28+,29+,30+/m0/s1. The molecule has 4 bridgehead atoms. The second kappa shape index (κ2) is 6.54. The lowest BCUT2D eigenvalue weighted by Crippen LogP contribution is -2.74. The molecule has 0 amide bonds. The first-order valence-electron chi connectivity index (χ1n) is 13.2. The number of aromatic hydroxyl groups is 2. The average molecular weight is 545 g/mol. The second-order valence-electron chi connectivity index (χ2n) is 12.4. The number of hydrogen-bond donors (Lipinski definition) is 6. The van der Waals surface area contributed by atoms with Crippen LogP contribution in [0.4, 0.5) is 0 Å². The van der Waals surface area contributed by atoms with Gasteiger partial charge in [-0.25, -0.2) is 0 Å². The molecule has 0 saturated heterocycles. The van der Waals surface area contributed by atoms with Crippen molar-refractivity contribution in [2.24, 2.45) is 34.5 Å². The number of allylic oxidation sites excluding steroid dienone is 1. The summed E-state index contributed by atoms with van der Waals surface area (Å²) in [6, 6.07) is 5.38. The number of aliphatic hydroxyl groups excluding tert-OH is 3. The molecule has 0 heterocycles. The zero-order chi connectivity index (χ0) is 28.6. The number of Topliss-reactive ketones (excluding diaryl/α,β-unsaturated/α-hetero) is 4. The molecule has 10 heteroatoms. The van der Waals surface area contributed by atoms with Crippen molar-refractivity contribution >= 4 is 28.9 Å². The molecule has 4 saturated carbocycles. The van der Waals surface area contributed by atoms with Gasteiger partial charge in [-0.2, -0.15) is 0 Å². The molecule has 204 valence electrons. The van der Waals surface area contributed by atoms with E-state index >= 15 is 0 Å². The third kappa shape index (κ3) is 1.96. The van der Waals surface area contributed by atoms with E-state index in [4.69, 9.17) is 0 Å². The molecule has 6 N–H and O–H groups in total. The molecular formula is C30H24O10. The van der Waals surface area contributed by atoms with Crippen molar-refractivity contribution in [1.82, 2.24) is 0 Å². The van der Waals surface area contributed by atoms with Crippen molar-refractivity contribution in [3.8, 4) is 11.5 Å². The first kappa shape index (κ1) is 24.0. The number of phenolic OH excluding ortho intramolecular Hbond substituents is 2. The highest BCUT2D eigenvalue weighted by molar-refractivity contribution is 6.28. The molecule has 6 aliphatic rings. The number of benzene rings is 2. The smallest absolute Gasteiger partial charge is 0.199 e. The zero-order valence-corrected chi connectivity index (χ0v) is 21.3. The highest BCUT2D eigenvalue weighted by Gasteiger charge is 2.92. The molecule has 2 aromatic rings. The topological polar surface area (TPSA) is 190 Å². The monoisotopic (exact) mass is 544 g/mol. The minimum absolute atomic E-state index is 0.123. The van der Waals surface area contributed by atoms with E-state index in [-0.39, 0.29) is 16.7 Å². The largest absolute Gasteiger partial charge is 0.507 e. The van der Waals surface area contributed by atoms with Crippen molar-refractivity contribution < 1.29 is 49.8 Å². The van der Waals surface area contributed by atoms with Crippen molar-refractivity contribution in [3.05, 3.63) is 63.2 Å². The molecule has 0 unspecified atom stereocenters. The van der Waals surface area contributed by atoms with Crippen LogP contribution in [0.3, 0.4) is 0 Å². The summed E-state index contributed by atoms with van der Waals surface area (Å²) in [6.45, 7) is 3.20. The Morgan fingerprint density at radius 3 is 1.95 bits per heavy atom. The van der Waals surface area contributed by atoms with Crippen molar-refractivity contribution in [2.75, 3.05) is 0 Å². The van der Waals surface area contributed by atoms with Gasteiger partial charge in [-0.3, -0.25) is 19.2 Å². The Morgan fingerprint density at radius 1 is 0.750 bits per heavy atom. The molecule has 6 aliphatic carbocycles. The SMILES string of the molecule is Cc1cc(O)c2c(c1)C(=O)[C@]13[C@@H]4[C@H](O)[C@H](C[C@@]1(O)C2=O)[C@]12C(=O)c5cc(C)cc(O)c5C(O)=C1C(=O)[C@H]3[C@@H](O)[C@H]42. The van der Waals surface area contributed by atoms with Crippen LogP contribution in [-0.4, -0.2) is 71.6 Å². The van der Waals surface area contributed by atoms with E-state index < -0.39 is 110 Å². The Bertz CT molecular complexity index is 1750. The highest BCUT2D eigenvalue weighted by Crippen LogP contribution is 2.81. The van der Waals surface area contributed by atoms with Crippen LogP contribution in [0.25, 0.3) is 5.76 Å². The minimum Gasteiger partial charge on any atom is -0.507 e. The Kier molecular flexibility index (Phi) is 3.92. The summed E-state index contributed by atoms with van der Waals surface area (Å²) in [7, 11) is 0. The summed E-state index contributed by atoms with van der Waals surface area (Å²) < 4.78 is 0. The van der Waals surface area contributed by atoms with Gasteiger partial charge in [0.05, 0.1) is 45.7 Å². The van der Waals surface area contributed by atoms with Crippen LogP contribution in [0.1, 0.15) is 54.2 Å². The number of aryl methyl sites for hydroxylation is 2. The highest BCUT2D eigenvalue weighted by atomic mass is 16.3. The van der Waals surface area contributed by atoms with Gasteiger partial charge < -0.3 is 30.6 Å². The fraction of sp³-hybridized carbons (Fsp3) is 0.400. The molecule has 2 aromatic carbocycles. The van der Waals surface area contributed by atoms with Crippen LogP contribution in [0.15, 0.2) is 29.8 Å². The van der Waals surface area contributed by atoms with Gasteiger partial charge in [-0.1, -0.05) is 0 Å². The maximum absolute atomic E-state index is 14.6. The van der Waals surface area contributed by atoms with E-state index in [0.29, 0.717) is 11.1 Å². The zero-order valence-electron chi connectivity index (χ0n) is 21.3. The van der Waals surface area contributed by atoms with Crippen LogP contribution in [-0.2, 0) is 4.79 Å². The van der Waals surface area contributed by atoms with Gasteiger partial charge in [0.15, 0.2) is 23.1 Å². The summed E-state index contributed by atoms with van der Waals surface area (Å²) in [5, 5.41) is 68.8. The predicted molar refractivity (Wildman–Crippen MR) is 134 cm³/mol.